The van der Waals surface area contributed by atoms with Crippen LogP contribution in [0.5, 0.6) is 23.0 Å². The molecule has 0 saturated carbocycles. The highest BCUT2D eigenvalue weighted by Gasteiger charge is 2.32. The highest BCUT2D eigenvalue weighted by atomic mass is 19.4. The summed E-state index contributed by atoms with van der Waals surface area (Å²) in [6.45, 7) is 3.25. The number of nitrogens with two attached hydrogens (primary N) is 1. The van der Waals surface area contributed by atoms with E-state index >= 15 is 0 Å². The minimum absolute atomic E-state index is 0. The molecule has 89 heavy (non-hydrogen) atoms. The molecule has 4 N–H and O–H groups in total. The van der Waals surface area contributed by atoms with Gasteiger partial charge in [-0.25, -0.2) is 19.7 Å². The second-order valence-electron chi connectivity index (χ2n) is 18.4. The summed E-state index contributed by atoms with van der Waals surface area (Å²) in [7, 11) is 2.85. The number of nitrogen functional groups attached to an aromatic ring is 1. The molecule has 0 amide bonds. The zero-order valence-corrected chi connectivity index (χ0v) is 46.5. The second-order valence-corrected chi connectivity index (χ2v) is 18.4. The molecular formula is C65H53F9N6O9. The van der Waals surface area contributed by atoms with Gasteiger partial charge >= 0.3 is 24.2 Å². The standard InChI is InChI=1S/C24H17F3N2O3.C16H11F3N2O.C9H7NO2.C8H8O3.C7H6F3N.CH4/c1-32-20-11-4-6-15(22(20)30)12-13-21-28-19-10-3-2-9-18(19)23(31)29(21)17-8-5-7-16(14-17)24(25,26)27;1-10-20-14-8-3-2-7-13(14)15(22)21(10)12-6-4-5-11(9-12)16(17,18)19;1-6-10-8-5-3-2-4-7(8)9(11)12-6;1-11-7-4-2-3-6(5-9)8(7)10;8-7(9,10)5-2-1-3-6(11)4-5;/h2-14,30H,1H3;2-9H,1H3;2-5H,1H3;2-5,10H,1H3;1-4H,11H2;1H4/b13-12+;;;;;. The Balaban J connectivity index is 0.000000191. The summed E-state index contributed by atoms with van der Waals surface area (Å²) in [5, 5.41) is 20.7. The van der Waals surface area contributed by atoms with Crippen molar-refractivity contribution in [2.45, 2.75) is 39.8 Å². The van der Waals surface area contributed by atoms with Gasteiger partial charge in [0.05, 0.1) is 80.6 Å². The van der Waals surface area contributed by atoms with Gasteiger partial charge < -0.3 is 29.8 Å². The monoisotopic (exact) mass is 1230 g/mol. The van der Waals surface area contributed by atoms with E-state index in [1.54, 1.807) is 111 Å². The molecule has 0 atom stereocenters. The molecule has 0 bridgehead atoms. The molecule has 24 heteroatoms. The van der Waals surface area contributed by atoms with E-state index in [4.69, 9.17) is 19.6 Å². The maximum Gasteiger partial charge on any atom is 0.416 e. The van der Waals surface area contributed by atoms with Crippen LogP contribution in [0.1, 0.15) is 57.6 Å². The predicted molar refractivity (Wildman–Crippen MR) is 321 cm³/mol. The van der Waals surface area contributed by atoms with E-state index in [0.29, 0.717) is 56.6 Å². The van der Waals surface area contributed by atoms with Gasteiger partial charge in [0.15, 0.2) is 35.2 Å². The summed E-state index contributed by atoms with van der Waals surface area (Å²) in [5.74, 6) is 1.20. The van der Waals surface area contributed by atoms with E-state index in [1.165, 1.54) is 73.4 Å². The first-order chi connectivity index (χ1) is 41.7. The quantitative estimate of drug-likeness (QED) is 0.0770. The zero-order valence-electron chi connectivity index (χ0n) is 46.5. The largest absolute Gasteiger partial charge is 0.504 e. The lowest BCUT2D eigenvalue weighted by Crippen LogP contribution is -2.22. The molecule has 0 aliphatic carbocycles. The van der Waals surface area contributed by atoms with Crippen molar-refractivity contribution in [3.63, 3.8) is 0 Å². The van der Waals surface area contributed by atoms with Crippen LogP contribution < -0.4 is 32.0 Å². The third-order valence-electron chi connectivity index (χ3n) is 12.5. The summed E-state index contributed by atoms with van der Waals surface area (Å²) >= 11 is 0. The molecule has 0 saturated heterocycles. The molecule has 0 aliphatic heterocycles. The second kappa shape index (κ2) is 28.9. The lowest BCUT2D eigenvalue weighted by Gasteiger charge is -2.14. The van der Waals surface area contributed by atoms with Crippen molar-refractivity contribution in [1.29, 1.82) is 0 Å². The number of methoxy groups -OCH3 is 2. The number of para-hydroxylation sites is 5. The van der Waals surface area contributed by atoms with Crippen LogP contribution >= 0.6 is 0 Å². The Labute approximate surface area is 500 Å². The fourth-order valence-corrected chi connectivity index (χ4v) is 8.34. The smallest absolute Gasteiger partial charge is 0.416 e. The molecule has 15 nitrogen and oxygen atoms in total. The van der Waals surface area contributed by atoms with Crippen LogP contribution in [0.2, 0.25) is 0 Å². The molecule has 0 radical (unpaired) electrons. The van der Waals surface area contributed by atoms with E-state index in [-0.39, 0.29) is 69.7 Å². The molecule has 0 spiro atoms. The van der Waals surface area contributed by atoms with Crippen molar-refractivity contribution in [2.75, 3.05) is 20.0 Å². The number of rotatable bonds is 7. The summed E-state index contributed by atoms with van der Waals surface area (Å²) in [6, 6.07) is 43.8. The van der Waals surface area contributed by atoms with Crippen LogP contribution in [-0.2, 0) is 18.5 Å². The number of phenolic OH excluding ortho intramolecular Hbond substituents is 2. The molecule has 0 aliphatic rings. The van der Waals surface area contributed by atoms with Gasteiger partial charge in [0.1, 0.15) is 11.6 Å². The number of anilines is 1. The summed E-state index contributed by atoms with van der Waals surface area (Å²) in [6.07, 6.45) is -9.77. The molecule has 8 aromatic carbocycles. The van der Waals surface area contributed by atoms with Crippen LogP contribution in [0, 0.1) is 13.8 Å². The van der Waals surface area contributed by atoms with Crippen molar-refractivity contribution < 1.29 is 68.4 Å². The highest BCUT2D eigenvalue weighted by molar-refractivity contribution is 5.82. The summed E-state index contributed by atoms with van der Waals surface area (Å²) < 4.78 is 131. The Morgan fingerprint density at radius 2 is 0.910 bits per heavy atom. The number of hydrogen-bond acceptors (Lipinski definition) is 13. The van der Waals surface area contributed by atoms with Gasteiger partial charge in [0.25, 0.3) is 11.1 Å². The van der Waals surface area contributed by atoms with Crippen LogP contribution in [0.4, 0.5) is 45.2 Å². The van der Waals surface area contributed by atoms with Gasteiger partial charge in [-0.05, 0) is 128 Å². The van der Waals surface area contributed by atoms with Gasteiger partial charge in [-0.3, -0.25) is 23.5 Å². The number of aldehydes is 1. The molecular weight excluding hydrogens is 1180 g/mol. The van der Waals surface area contributed by atoms with Crippen molar-refractivity contribution >= 4 is 56.8 Å². The third-order valence-corrected chi connectivity index (χ3v) is 12.5. The molecule has 3 aromatic heterocycles. The number of hydrogen-bond donors (Lipinski definition) is 3. The number of ether oxygens (including phenoxy) is 2. The average molecular weight is 1230 g/mol. The van der Waals surface area contributed by atoms with Gasteiger partial charge in [-0.2, -0.15) is 39.5 Å². The highest BCUT2D eigenvalue weighted by Crippen LogP contribution is 2.34. The molecule has 0 fully saturated rings. The Hall–Kier alpha value is -11.0. The number of halogens is 9. The fraction of sp³-hybridized carbons (Fsp3) is 0.123. The van der Waals surface area contributed by atoms with Crippen LogP contribution in [0.25, 0.3) is 56.2 Å². The van der Waals surface area contributed by atoms with E-state index in [9.17, 15) is 68.9 Å². The van der Waals surface area contributed by atoms with Crippen molar-refractivity contribution in [3.8, 4) is 34.4 Å². The number of alkyl halides is 9. The van der Waals surface area contributed by atoms with E-state index in [2.05, 4.69) is 15.0 Å². The number of carbonyl (C=O) groups excluding carboxylic acids is 1. The number of aromatic nitrogens is 5. The fourth-order valence-electron chi connectivity index (χ4n) is 8.34. The Kier molecular flexibility index (Phi) is 21.8. The maximum atomic E-state index is 13.3. The minimum Gasteiger partial charge on any atom is -0.504 e. The minimum atomic E-state index is -4.56. The van der Waals surface area contributed by atoms with Crippen molar-refractivity contribution in [2.24, 2.45) is 0 Å². The lowest BCUT2D eigenvalue weighted by atomic mass is 10.1. The van der Waals surface area contributed by atoms with Crippen LogP contribution in [0.3, 0.4) is 0 Å². The normalized spacial score (nSPS) is 11.2. The van der Waals surface area contributed by atoms with E-state index < -0.39 is 40.8 Å². The van der Waals surface area contributed by atoms with Gasteiger partial charge in [0, 0.05) is 18.2 Å². The first-order valence-electron chi connectivity index (χ1n) is 25.7. The Morgan fingerprint density at radius 3 is 1.39 bits per heavy atom. The number of aryl methyl sites for hydroxylation is 2. The molecule has 0 unspecified atom stereocenters. The van der Waals surface area contributed by atoms with Gasteiger partial charge in [-0.1, -0.05) is 80.2 Å². The predicted octanol–water partition coefficient (Wildman–Crippen LogP) is 14.6. The summed E-state index contributed by atoms with van der Waals surface area (Å²) in [4.78, 5) is 60.1. The number of nitrogens with zero attached hydrogens (tertiary/aromatic N) is 5. The number of benzene rings is 8. The Bertz CT molecular complexity index is 4520. The molecule has 11 aromatic rings. The number of fused-ring (bicyclic) bond motifs is 3. The first-order valence-corrected chi connectivity index (χ1v) is 25.7. The van der Waals surface area contributed by atoms with E-state index in [1.807, 2.05) is 6.07 Å². The average Bonchev–Trinajstić information content (AvgIpc) is 2.04. The Morgan fingerprint density at radius 1 is 0.494 bits per heavy atom. The topological polar surface area (TPSA) is 215 Å². The third kappa shape index (κ3) is 16.7. The zero-order chi connectivity index (χ0) is 64.1. The number of carbonyl (C=O) groups is 1. The molecule has 460 valence electrons. The van der Waals surface area contributed by atoms with Gasteiger partial charge in [0.2, 0.25) is 0 Å². The van der Waals surface area contributed by atoms with Gasteiger partial charge in [-0.15, -0.1) is 0 Å². The van der Waals surface area contributed by atoms with Crippen molar-refractivity contribution in [1.82, 2.24) is 24.1 Å². The maximum absolute atomic E-state index is 13.3. The number of aromatic hydroxyl groups is 2. The summed E-state index contributed by atoms with van der Waals surface area (Å²) in [5.41, 5.74) is 4.08. The SMILES string of the molecule is C.COc1cccc(/C=C/c2nc3ccccc3c(=O)n2-c2cccc(C(F)(F)F)c2)c1O.COc1cccc(C=O)c1O.Cc1nc2ccccc2c(=O)n1-c1cccc(C(F)(F)F)c1.Cc1nc2ccccc2c(=O)o1.Nc1cccc(C(F)(F)F)c1. The first kappa shape index (κ1) is 67.1. The van der Waals surface area contributed by atoms with Crippen LogP contribution in [-0.4, -0.2) is 54.8 Å². The molecule has 3 heterocycles. The molecule has 11 rings (SSSR count). The van der Waals surface area contributed by atoms with E-state index in [0.717, 1.165) is 41.0 Å². The van der Waals surface area contributed by atoms with Crippen molar-refractivity contribution in [3.05, 3.63) is 258 Å². The number of phenols is 2. The lowest BCUT2D eigenvalue weighted by molar-refractivity contribution is -0.138. The van der Waals surface area contributed by atoms with Crippen LogP contribution in [0.15, 0.2) is 201 Å².